The van der Waals surface area contributed by atoms with Gasteiger partial charge in [-0.05, 0) is 62.6 Å². The summed E-state index contributed by atoms with van der Waals surface area (Å²) >= 11 is 0. The minimum Gasteiger partial charge on any atom is -0.474 e. The monoisotopic (exact) mass is 608 g/mol. The Kier molecular flexibility index (Phi) is 8.55. The van der Waals surface area contributed by atoms with Gasteiger partial charge in [0.1, 0.15) is 23.8 Å². The van der Waals surface area contributed by atoms with Gasteiger partial charge >= 0.3 is 6.18 Å². The molecule has 0 aromatic carbocycles. The van der Waals surface area contributed by atoms with E-state index >= 15 is 0 Å². The van der Waals surface area contributed by atoms with E-state index in [2.05, 4.69) is 36.0 Å². The first-order chi connectivity index (χ1) is 21.3. The summed E-state index contributed by atoms with van der Waals surface area (Å²) in [6.07, 6.45) is 7.66. The van der Waals surface area contributed by atoms with E-state index in [9.17, 15) is 18.4 Å². The lowest BCUT2D eigenvalue weighted by molar-refractivity contribution is -0.141. The van der Waals surface area contributed by atoms with Gasteiger partial charge in [-0.15, -0.1) is 0 Å². The molecule has 6 rings (SSSR count). The average Bonchev–Trinajstić information content (AvgIpc) is 3.68. The zero-order chi connectivity index (χ0) is 30.7. The number of alkyl halides is 3. The Hall–Kier alpha value is -4.02. The van der Waals surface area contributed by atoms with Crippen LogP contribution in [-0.2, 0) is 22.9 Å². The summed E-state index contributed by atoms with van der Waals surface area (Å²) < 4.78 is 53.7. The number of nitriles is 1. The Balaban J connectivity index is 1.07. The summed E-state index contributed by atoms with van der Waals surface area (Å²) in [5.41, 5.74) is 1.68. The maximum absolute atomic E-state index is 13.6. The highest BCUT2D eigenvalue weighted by molar-refractivity contribution is 5.90. The fraction of sp³-hybridized carbons (Fsp3) is 0.516. The number of fused-ring (bicyclic) bond motifs is 1. The number of nitrogens with one attached hydrogen (secondary N) is 1. The molecule has 5 heterocycles. The van der Waals surface area contributed by atoms with E-state index in [1.807, 2.05) is 23.1 Å². The van der Waals surface area contributed by atoms with E-state index in [-0.39, 0.29) is 18.0 Å². The molecule has 1 N–H and O–H groups in total. The minimum absolute atomic E-state index is 0.0341. The van der Waals surface area contributed by atoms with E-state index in [4.69, 9.17) is 9.47 Å². The number of hydrogen-bond donors (Lipinski definition) is 1. The molecule has 10 nitrogen and oxygen atoms in total. The molecule has 0 atom stereocenters. The van der Waals surface area contributed by atoms with Crippen molar-refractivity contribution in [3.8, 4) is 23.2 Å². The van der Waals surface area contributed by atoms with Gasteiger partial charge in [0.25, 0.3) is 0 Å². The normalized spacial score (nSPS) is 21.3. The smallest absolute Gasteiger partial charge is 0.433 e. The van der Waals surface area contributed by atoms with Gasteiger partial charge in [0, 0.05) is 62.3 Å². The van der Waals surface area contributed by atoms with Crippen LogP contribution in [0.2, 0.25) is 0 Å². The molecule has 4 aromatic heterocycles. The van der Waals surface area contributed by atoms with E-state index in [1.165, 1.54) is 6.33 Å². The highest BCUT2D eigenvalue weighted by Crippen LogP contribution is 2.45. The van der Waals surface area contributed by atoms with E-state index < -0.39 is 17.4 Å². The second-order valence-corrected chi connectivity index (χ2v) is 11.8. The zero-order valence-corrected chi connectivity index (χ0v) is 24.6. The summed E-state index contributed by atoms with van der Waals surface area (Å²) in [5, 5.41) is 15.2. The first-order valence-corrected chi connectivity index (χ1v) is 15.0. The molecule has 0 bridgehead atoms. The standard InChI is InChI=1S/C31H35F3N8O2/c1-43-13-3-2-4-21-14-26(31(32,33)34)40-27(15-21)44-24-6-11-41(12-7-24)23-16-30(17-23,8-9-35)42-19-22(18-39-42)28-25-5-10-36-29(25)38-20-37-28/h5,10,14-15,18-20,23-24H,2-4,6-8,11-13,16-17H2,1H3,(H,36,37,38). The number of rotatable bonds is 11. The molecule has 13 heteroatoms. The maximum Gasteiger partial charge on any atom is 0.433 e. The van der Waals surface area contributed by atoms with Crippen LogP contribution in [0.5, 0.6) is 5.88 Å². The third-order valence-electron chi connectivity index (χ3n) is 8.83. The molecule has 1 aliphatic carbocycles. The van der Waals surface area contributed by atoms with E-state index in [0.717, 1.165) is 67.1 Å². The summed E-state index contributed by atoms with van der Waals surface area (Å²) in [5.74, 6) is 0.0341. The van der Waals surface area contributed by atoms with Crippen LogP contribution in [-0.4, -0.2) is 73.6 Å². The summed E-state index contributed by atoms with van der Waals surface area (Å²) in [4.78, 5) is 18.0. The molecule has 0 spiro atoms. The SMILES string of the molecule is COCCCCc1cc(OC2CCN(C3CC(CC#N)(n4cc(-c5ncnc6[nH]ccc56)cn4)C3)CC2)nc(C(F)(F)F)c1. The number of nitrogens with zero attached hydrogens (tertiary/aromatic N) is 7. The van der Waals surface area contributed by atoms with Crippen LogP contribution in [0.4, 0.5) is 13.2 Å². The molecular formula is C31H35F3N8O2. The fourth-order valence-corrected chi connectivity index (χ4v) is 6.46. The van der Waals surface area contributed by atoms with Crippen LogP contribution in [0.1, 0.15) is 56.2 Å². The van der Waals surface area contributed by atoms with Crippen LogP contribution < -0.4 is 4.74 Å². The lowest BCUT2D eigenvalue weighted by Gasteiger charge is -2.52. The molecular weight excluding hydrogens is 573 g/mol. The molecule has 2 fully saturated rings. The molecule has 1 saturated carbocycles. The molecule has 232 valence electrons. The second kappa shape index (κ2) is 12.5. The molecule has 0 radical (unpaired) electrons. The number of pyridine rings is 1. The molecule has 1 saturated heterocycles. The quantitative estimate of drug-likeness (QED) is 0.221. The van der Waals surface area contributed by atoms with Gasteiger partial charge < -0.3 is 14.5 Å². The number of piperidine rings is 1. The number of aromatic nitrogens is 6. The fourth-order valence-electron chi connectivity index (χ4n) is 6.46. The average molecular weight is 609 g/mol. The Bertz CT molecular complexity index is 1610. The van der Waals surface area contributed by atoms with Gasteiger partial charge in [-0.1, -0.05) is 0 Å². The first kappa shape index (κ1) is 30.0. The zero-order valence-electron chi connectivity index (χ0n) is 24.6. The predicted molar refractivity (Wildman–Crippen MR) is 156 cm³/mol. The molecule has 1 aliphatic heterocycles. The van der Waals surface area contributed by atoms with E-state index in [1.54, 1.807) is 19.4 Å². The van der Waals surface area contributed by atoms with Crippen molar-refractivity contribution >= 4 is 11.0 Å². The lowest BCUT2D eigenvalue weighted by atomic mass is 9.69. The summed E-state index contributed by atoms with van der Waals surface area (Å²) in [6.45, 7) is 2.09. The number of halogens is 3. The van der Waals surface area contributed by atoms with Gasteiger partial charge in [-0.25, -0.2) is 15.0 Å². The number of aromatic amines is 1. The molecule has 0 unspecified atom stereocenters. The van der Waals surface area contributed by atoms with Crippen molar-refractivity contribution < 1.29 is 22.6 Å². The van der Waals surface area contributed by atoms with Crippen LogP contribution in [0.15, 0.2) is 43.1 Å². The predicted octanol–water partition coefficient (Wildman–Crippen LogP) is 5.52. The molecule has 0 amide bonds. The van der Waals surface area contributed by atoms with Crippen LogP contribution in [0.25, 0.3) is 22.3 Å². The third-order valence-corrected chi connectivity index (χ3v) is 8.83. The van der Waals surface area contributed by atoms with Gasteiger partial charge in [-0.3, -0.25) is 9.58 Å². The summed E-state index contributed by atoms with van der Waals surface area (Å²) in [7, 11) is 1.61. The van der Waals surface area contributed by atoms with Gasteiger partial charge in [0.15, 0.2) is 0 Å². The highest BCUT2D eigenvalue weighted by atomic mass is 19.4. The van der Waals surface area contributed by atoms with Crippen molar-refractivity contribution in [3.05, 3.63) is 54.4 Å². The van der Waals surface area contributed by atoms with Crippen molar-refractivity contribution in [2.45, 2.75) is 75.2 Å². The van der Waals surface area contributed by atoms with Crippen molar-refractivity contribution in [3.63, 3.8) is 0 Å². The van der Waals surface area contributed by atoms with Crippen molar-refractivity contribution in [1.29, 1.82) is 5.26 Å². The number of unbranched alkanes of at least 4 members (excludes halogenated alkanes) is 1. The number of likely N-dealkylation sites (tertiary alicyclic amines) is 1. The first-order valence-electron chi connectivity index (χ1n) is 15.0. The Morgan fingerprint density at radius 2 is 1.98 bits per heavy atom. The van der Waals surface area contributed by atoms with Gasteiger partial charge in [-0.2, -0.15) is 23.5 Å². The molecule has 44 heavy (non-hydrogen) atoms. The number of aryl methyl sites for hydroxylation is 1. The number of ether oxygens (including phenoxy) is 2. The van der Waals surface area contributed by atoms with Crippen LogP contribution in [0.3, 0.4) is 0 Å². The van der Waals surface area contributed by atoms with Crippen molar-refractivity contribution in [2.24, 2.45) is 0 Å². The van der Waals surface area contributed by atoms with Crippen LogP contribution in [0, 0.1) is 11.3 Å². The Morgan fingerprint density at radius 3 is 2.73 bits per heavy atom. The maximum atomic E-state index is 13.6. The van der Waals surface area contributed by atoms with Gasteiger partial charge in [0.2, 0.25) is 5.88 Å². The Morgan fingerprint density at radius 1 is 1.16 bits per heavy atom. The number of H-pyrrole nitrogens is 1. The summed E-state index contributed by atoms with van der Waals surface area (Å²) in [6, 6.07) is 7.33. The lowest BCUT2D eigenvalue weighted by Crippen LogP contribution is -2.58. The molecule has 2 aliphatic rings. The third kappa shape index (κ3) is 6.27. The van der Waals surface area contributed by atoms with Gasteiger partial charge in [0.05, 0.1) is 29.9 Å². The topological polar surface area (TPSA) is 118 Å². The van der Waals surface area contributed by atoms with Crippen molar-refractivity contribution in [1.82, 2.24) is 34.6 Å². The molecule has 4 aromatic rings. The van der Waals surface area contributed by atoms with Crippen LogP contribution >= 0.6 is 0 Å². The van der Waals surface area contributed by atoms with Crippen molar-refractivity contribution in [2.75, 3.05) is 26.8 Å². The Labute approximate surface area is 253 Å². The minimum atomic E-state index is -4.54. The number of hydrogen-bond acceptors (Lipinski definition) is 8. The number of methoxy groups -OCH3 is 1. The highest BCUT2D eigenvalue weighted by Gasteiger charge is 2.49. The largest absolute Gasteiger partial charge is 0.474 e. The second-order valence-electron chi connectivity index (χ2n) is 11.8. The van der Waals surface area contributed by atoms with E-state index in [0.29, 0.717) is 37.9 Å².